The number of rotatable bonds is 4. The Morgan fingerprint density at radius 1 is 1.53 bits per heavy atom. The highest BCUT2D eigenvalue weighted by Gasteiger charge is 2.25. The molecule has 19 heavy (non-hydrogen) atoms. The van der Waals surface area contributed by atoms with Crippen LogP contribution in [0.4, 0.5) is 11.6 Å². The summed E-state index contributed by atoms with van der Waals surface area (Å²) in [4.78, 5) is 19.9. The summed E-state index contributed by atoms with van der Waals surface area (Å²) in [7, 11) is 0. The summed E-state index contributed by atoms with van der Waals surface area (Å²) >= 11 is 4.78. The van der Waals surface area contributed by atoms with Gasteiger partial charge in [-0.3, -0.25) is 10.1 Å². The summed E-state index contributed by atoms with van der Waals surface area (Å²) in [6.45, 7) is 4.19. The number of aromatic nitrogens is 2. The van der Waals surface area contributed by atoms with E-state index in [1.165, 1.54) is 11.3 Å². The predicted molar refractivity (Wildman–Crippen MR) is 78.6 cm³/mol. The van der Waals surface area contributed by atoms with Crippen LogP contribution in [0.5, 0.6) is 0 Å². The highest BCUT2D eigenvalue weighted by Crippen LogP contribution is 2.38. The standard InChI is InChI=1S/C11H11BrN4O2S/c1-3-13-11-14-6(2)9(16(17)18)8(15-11)10-7(12)4-5-19-10/h4-5H,3H2,1-2H3,(H,13,14,15). The summed E-state index contributed by atoms with van der Waals surface area (Å²) in [6, 6.07) is 1.84. The van der Waals surface area contributed by atoms with E-state index >= 15 is 0 Å². The van der Waals surface area contributed by atoms with Crippen LogP contribution >= 0.6 is 27.3 Å². The molecule has 0 fully saturated rings. The first-order valence-corrected chi connectivity index (χ1v) is 7.22. The predicted octanol–water partition coefficient (Wildman–Crippen LogP) is 3.62. The average molecular weight is 343 g/mol. The average Bonchev–Trinajstić information content (AvgIpc) is 2.74. The van der Waals surface area contributed by atoms with Gasteiger partial charge in [-0.25, -0.2) is 9.97 Å². The fourth-order valence-electron chi connectivity index (χ4n) is 1.64. The fourth-order valence-corrected chi connectivity index (χ4v) is 3.19. The molecular formula is C11H11BrN4O2S. The first-order valence-electron chi connectivity index (χ1n) is 5.54. The van der Waals surface area contributed by atoms with Crippen molar-refractivity contribution in [2.45, 2.75) is 13.8 Å². The lowest BCUT2D eigenvalue weighted by Gasteiger charge is -2.07. The van der Waals surface area contributed by atoms with Crippen LogP contribution in [-0.2, 0) is 0 Å². The van der Waals surface area contributed by atoms with E-state index in [1.807, 2.05) is 18.4 Å². The van der Waals surface area contributed by atoms with Gasteiger partial charge in [0, 0.05) is 11.0 Å². The molecule has 1 N–H and O–H groups in total. The third-order valence-electron chi connectivity index (χ3n) is 2.41. The first kappa shape index (κ1) is 13.9. The molecule has 2 rings (SSSR count). The van der Waals surface area contributed by atoms with Crippen LogP contribution in [0.2, 0.25) is 0 Å². The van der Waals surface area contributed by atoms with Crippen molar-refractivity contribution in [3.8, 4) is 10.6 Å². The number of nitrogens with one attached hydrogen (secondary N) is 1. The maximum atomic E-state index is 11.2. The molecule has 0 unspecified atom stereocenters. The fraction of sp³-hybridized carbons (Fsp3) is 0.273. The van der Waals surface area contributed by atoms with E-state index in [0.717, 1.165) is 9.35 Å². The molecule has 0 saturated heterocycles. The molecule has 0 amide bonds. The summed E-state index contributed by atoms with van der Waals surface area (Å²) < 4.78 is 0.793. The van der Waals surface area contributed by atoms with Crippen LogP contribution < -0.4 is 5.32 Å². The quantitative estimate of drug-likeness (QED) is 0.677. The van der Waals surface area contributed by atoms with Crippen molar-refractivity contribution >= 4 is 38.9 Å². The second-order valence-corrected chi connectivity index (χ2v) is 5.49. The Labute approximate surface area is 122 Å². The van der Waals surface area contributed by atoms with E-state index in [2.05, 4.69) is 31.2 Å². The molecule has 0 aromatic carbocycles. The molecule has 2 aromatic rings. The van der Waals surface area contributed by atoms with Crippen molar-refractivity contribution in [1.82, 2.24) is 9.97 Å². The normalized spacial score (nSPS) is 10.5. The van der Waals surface area contributed by atoms with Crippen molar-refractivity contribution in [3.63, 3.8) is 0 Å². The van der Waals surface area contributed by atoms with Crippen LogP contribution in [0.25, 0.3) is 10.6 Å². The second-order valence-electron chi connectivity index (χ2n) is 3.71. The molecule has 100 valence electrons. The Bertz CT molecular complexity index is 629. The molecule has 0 bridgehead atoms. The Morgan fingerprint density at radius 2 is 2.26 bits per heavy atom. The highest BCUT2D eigenvalue weighted by molar-refractivity contribution is 9.10. The Balaban J connectivity index is 2.68. The monoisotopic (exact) mass is 342 g/mol. The molecule has 2 aromatic heterocycles. The Kier molecular flexibility index (Phi) is 4.11. The zero-order valence-corrected chi connectivity index (χ0v) is 12.7. The molecule has 0 aliphatic heterocycles. The second kappa shape index (κ2) is 5.62. The minimum absolute atomic E-state index is 0.0511. The smallest absolute Gasteiger partial charge is 0.317 e. The van der Waals surface area contributed by atoms with Crippen molar-refractivity contribution in [1.29, 1.82) is 0 Å². The zero-order chi connectivity index (χ0) is 14.0. The van der Waals surface area contributed by atoms with Crippen molar-refractivity contribution < 1.29 is 4.92 Å². The van der Waals surface area contributed by atoms with Gasteiger partial charge in [-0.15, -0.1) is 11.3 Å². The van der Waals surface area contributed by atoms with Crippen molar-refractivity contribution in [2.75, 3.05) is 11.9 Å². The molecule has 0 aliphatic carbocycles. The van der Waals surface area contributed by atoms with E-state index in [1.54, 1.807) is 6.92 Å². The summed E-state index contributed by atoms with van der Waals surface area (Å²) in [5.74, 6) is 0.404. The molecule has 8 heteroatoms. The Morgan fingerprint density at radius 3 is 2.79 bits per heavy atom. The van der Waals surface area contributed by atoms with Gasteiger partial charge in [-0.05, 0) is 41.2 Å². The van der Waals surface area contributed by atoms with E-state index in [0.29, 0.717) is 23.9 Å². The largest absolute Gasteiger partial charge is 0.354 e. The van der Waals surface area contributed by atoms with Crippen LogP contribution in [0.1, 0.15) is 12.6 Å². The summed E-state index contributed by atoms with van der Waals surface area (Å²) in [5.41, 5.74) is 0.645. The number of nitrogens with zero attached hydrogens (tertiary/aromatic N) is 3. The number of thiophene rings is 1. The number of halogens is 1. The van der Waals surface area contributed by atoms with Gasteiger partial charge < -0.3 is 5.32 Å². The third kappa shape index (κ3) is 2.74. The number of aryl methyl sites for hydroxylation is 1. The van der Waals surface area contributed by atoms with Gasteiger partial charge in [-0.1, -0.05) is 0 Å². The summed E-state index contributed by atoms with van der Waals surface area (Å²) in [5, 5.41) is 16.0. The molecule has 0 radical (unpaired) electrons. The lowest BCUT2D eigenvalue weighted by atomic mass is 10.2. The molecule has 0 saturated carbocycles. The highest BCUT2D eigenvalue weighted by atomic mass is 79.9. The number of hydrogen-bond acceptors (Lipinski definition) is 6. The van der Waals surface area contributed by atoms with Crippen LogP contribution in [-0.4, -0.2) is 21.4 Å². The molecule has 0 aliphatic rings. The van der Waals surface area contributed by atoms with Gasteiger partial charge in [-0.2, -0.15) is 0 Å². The molecular weight excluding hydrogens is 332 g/mol. The lowest BCUT2D eigenvalue weighted by molar-refractivity contribution is -0.385. The number of nitro groups is 1. The van der Waals surface area contributed by atoms with Gasteiger partial charge >= 0.3 is 5.69 Å². The first-order chi connectivity index (χ1) is 9.04. The minimum Gasteiger partial charge on any atom is -0.354 e. The van der Waals surface area contributed by atoms with Gasteiger partial charge in [0.05, 0.1) is 9.80 Å². The topological polar surface area (TPSA) is 81.0 Å². The third-order valence-corrected chi connectivity index (χ3v) is 4.25. The van der Waals surface area contributed by atoms with Gasteiger partial charge in [0.1, 0.15) is 5.69 Å². The van der Waals surface area contributed by atoms with E-state index in [-0.39, 0.29) is 5.69 Å². The van der Waals surface area contributed by atoms with E-state index < -0.39 is 4.92 Å². The molecule has 0 atom stereocenters. The number of anilines is 1. The minimum atomic E-state index is -0.438. The van der Waals surface area contributed by atoms with Crippen molar-refractivity contribution in [3.05, 3.63) is 31.7 Å². The van der Waals surface area contributed by atoms with Gasteiger partial charge in [0.25, 0.3) is 0 Å². The van der Waals surface area contributed by atoms with E-state index in [4.69, 9.17) is 0 Å². The molecule has 2 heterocycles. The SMILES string of the molecule is CCNc1nc(C)c([N+](=O)[O-])c(-c2sccc2Br)n1. The van der Waals surface area contributed by atoms with Crippen LogP contribution in [0.15, 0.2) is 15.9 Å². The molecule has 0 spiro atoms. The maximum absolute atomic E-state index is 11.2. The van der Waals surface area contributed by atoms with E-state index in [9.17, 15) is 10.1 Å². The number of hydrogen-bond donors (Lipinski definition) is 1. The van der Waals surface area contributed by atoms with Crippen LogP contribution in [0, 0.1) is 17.0 Å². The van der Waals surface area contributed by atoms with Gasteiger partial charge in [0.15, 0.2) is 5.69 Å². The maximum Gasteiger partial charge on any atom is 0.317 e. The summed E-state index contributed by atoms with van der Waals surface area (Å²) in [6.07, 6.45) is 0. The van der Waals surface area contributed by atoms with Crippen LogP contribution in [0.3, 0.4) is 0 Å². The van der Waals surface area contributed by atoms with Gasteiger partial charge in [0.2, 0.25) is 5.95 Å². The van der Waals surface area contributed by atoms with Crippen molar-refractivity contribution in [2.24, 2.45) is 0 Å². The Hall–Kier alpha value is -1.54. The lowest BCUT2D eigenvalue weighted by Crippen LogP contribution is -2.07. The zero-order valence-electron chi connectivity index (χ0n) is 10.3. The molecule has 6 nitrogen and oxygen atoms in total.